The lowest BCUT2D eigenvalue weighted by atomic mass is 10.2. The summed E-state index contributed by atoms with van der Waals surface area (Å²) >= 11 is 1.35. The number of nitrogens with zero attached hydrogens (tertiary/aromatic N) is 2. The van der Waals surface area contributed by atoms with Gasteiger partial charge in [0.15, 0.2) is 0 Å². The van der Waals surface area contributed by atoms with Gasteiger partial charge in [0.2, 0.25) is 11.1 Å². The fourth-order valence-electron chi connectivity index (χ4n) is 1.38. The fourth-order valence-corrected chi connectivity index (χ4v) is 2.06. The number of nitrogens with two attached hydrogens (primary N) is 2. The van der Waals surface area contributed by atoms with E-state index in [4.69, 9.17) is 16.0 Å². The first-order chi connectivity index (χ1) is 8.60. The van der Waals surface area contributed by atoms with Gasteiger partial charge < -0.3 is 10.2 Å². The summed E-state index contributed by atoms with van der Waals surface area (Å²) in [6, 6.07) is 1.64. The third kappa shape index (κ3) is 2.63. The Hall–Kier alpha value is -2.00. The van der Waals surface area contributed by atoms with Crippen LogP contribution < -0.4 is 17.0 Å². The standard InChI is InChI=1S/C9H12N6O2S/c1-4-6(7(16)13-11)2-5(17-4)3-18-9-12-8(10)14-15-9/h2H,3,11H2,1H3,(H,13,16)(H3,10,12,14,15). The zero-order valence-corrected chi connectivity index (χ0v) is 10.4. The number of aromatic amines is 1. The molecular formula is C9H12N6O2S. The van der Waals surface area contributed by atoms with Gasteiger partial charge in [-0.05, 0) is 13.0 Å². The predicted octanol–water partition coefficient (Wildman–Crippen LogP) is 0.184. The summed E-state index contributed by atoms with van der Waals surface area (Å²) in [6.45, 7) is 1.70. The minimum absolute atomic E-state index is 0.260. The van der Waals surface area contributed by atoms with Crippen LogP contribution in [-0.4, -0.2) is 21.1 Å². The van der Waals surface area contributed by atoms with Crippen molar-refractivity contribution in [3.05, 3.63) is 23.2 Å². The van der Waals surface area contributed by atoms with Crippen molar-refractivity contribution < 1.29 is 9.21 Å². The molecule has 0 spiro atoms. The summed E-state index contributed by atoms with van der Waals surface area (Å²) in [5, 5.41) is 6.93. The molecule has 0 unspecified atom stereocenters. The van der Waals surface area contributed by atoms with Crippen molar-refractivity contribution >= 4 is 23.6 Å². The minimum Gasteiger partial charge on any atom is -0.465 e. The lowest BCUT2D eigenvalue weighted by Crippen LogP contribution is -2.30. The van der Waals surface area contributed by atoms with E-state index in [1.54, 1.807) is 13.0 Å². The number of H-pyrrole nitrogens is 1. The quantitative estimate of drug-likeness (QED) is 0.269. The third-order valence-corrected chi connectivity index (χ3v) is 3.04. The van der Waals surface area contributed by atoms with E-state index in [1.165, 1.54) is 11.8 Å². The van der Waals surface area contributed by atoms with Crippen molar-refractivity contribution in [1.82, 2.24) is 20.6 Å². The first kappa shape index (κ1) is 12.5. The normalized spacial score (nSPS) is 10.6. The van der Waals surface area contributed by atoms with Gasteiger partial charge in [0.05, 0.1) is 11.3 Å². The van der Waals surface area contributed by atoms with E-state index < -0.39 is 0 Å². The van der Waals surface area contributed by atoms with Crippen LogP contribution in [0.15, 0.2) is 15.6 Å². The molecule has 0 aliphatic carbocycles. The summed E-state index contributed by atoms with van der Waals surface area (Å²) in [7, 11) is 0. The Morgan fingerprint density at radius 2 is 2.44 bits per heavy atom. The number of carbonyl (C=O) groups is 1. The van der Waals surface area contributed by atoms with Crippen molar-refractivity contribution in [2.45, 2.75) is 17.8 Å². The molecule has 0 aromatic carbocycles. The van der Waals surface area contributed by atoms with Crippen LogP contribution in [0.25, 0.3) is 0 Å². The maximum atomic E-state index is 11.4. The number of hydrogen-bond acceptors (Lipinski definition) is 7. The zero-order valence-electron chi connectivity index (χ0n) is 9.56. The highest BCUT2D eigenvalue weighted by atomic mass is 32.2. The van der Waals surface area contributed by atoms with Gasteiger partial charge in [0, 0.05) is 0 Å². The zero-order chi connectivity index (χ0) is 13.1. The fraction of sp³-hybridized carbons (Fsp3) is 0.222. The molecule has 0 aliphatic rings. The highest BCUT2D eigenvalue weighted by molar-refractivity contribution is 7.98. The molecule has 0 atom stereocenters. The molecule has 2 aromatic rings. The maximum absolute atomic E-state index is 11.4. The average Bonchev–Trinajstić information content (AvgIpc) is 2.92. The Kier molecular flexibility index (Phi) is 3.53. The minimum atomic E-state index is -0.380. The maximum Gasteiger partial charge on any atom is 0.268 e. The van der Waals surface area contributed by atoms with Gasteiger partial charge in [0.25, 0.3) is 5.91 Å². The van der Waals surface area contributed by atoms with Crippen LogP contribution in [0, 0.1) is 6.92 Å². The summed E-state index contributed by atoms with van der Waals surface area (Å²) in [5.74, 6) is 6.60. The summed E-state index contributed by atoms with van der Waals surface area (Å²) in [5.41, 5.74) is 7.88. The molecule has 0 saturated carbocycles. The molecule has 2 heterocycles. The molecule has 8 nitrogen and oxygen atoms in total. The van der Waals surface area contributed by atoms with Crippen molar-refractivity contribution in [1.29, 1.82) is 0 Å². The molecule has 18 heavy (non-hydrogen) atoms. The number of nitrogen functional groups attached to an aromatic ring is 2. The largest absolute Gasteiger partial charge is 0.465 e. The van der Waals surface area contributed by atoms with Crippen molar-refractivity contribution in [3.63, 3.8) is 0 Å². The van der Waals surface area contributed by atoms with Gasteiger partial charge >= 0.3 is 0 Å². The molecule has 0 fully saturated rings. The molecule has 0 bridgehead atoms. The number of carbonyl (C=O) groups excluding carboxylic acids is 1. The van der Waals surface area contributed by atoms with E-state index in [0.29, 0.717) is 28.0 Å². The Labute approximate surface area is 106 Å². The molecule has 1 amide bonds. The van der Waals surface area contributed by atoms with Gasteiger partial charge in [-0.2, -0.15) is 4.98 Å². The smallest absolute Gasteiger partial charge is 0.268 e. The third-order valence-electron chi connectivity index (χ3n) is 2.17. The van der Waals surface area contributed by atoms with Crippen LogP contribution in [0.5, 0.6) is 0 Å². The van der Waals surface area contributed by atoms with Crippen molar-refractivity contribution in [2.75, 3.05) is 5.73 Å². The van der Waals surface area contributed by atoms with E-state index in [-0.39, 0.29) is 11.9 Å². The Balaban J connectivity index is 2.04. The van der Waals surface area contributed by atoms with Crippen LogP contribution in [0.3, 0.4) is 0 Å². The highest BCUT2D eigenvalue weighted by Gasteiger charge is 2.14. The SMILES string of the molecule is Cc1oc(CSc2n[nH]c(N)n2)cc1C(=O)NN. The number of furan rings is 1. The highest BCUT2D eigenvalue weighted by Crippen LogP contribution is 2.23. The molecule has 2 rings (SSSR count). The summed E-state index contributed by atoms with van der Waals surface area (Å²) in [4.78, 5) is 15.3. The van der Waals surface area contributed by atoms with Crippen molar-refractivity contribution in [2.24, 2.45) is 5.84 Å². The number of aromatic nitrogens is 3. The van der Waals surface area contributed by atoms with Gasteiger partial charge in [-0.25, -0.2) is 10.9 Å². The number of hydrazine groups is 1. The number of nitrogens with one attached hydrogen (secondary N) is 2. The monoisotopic (exact) mass is 268 g/mol. The summed E-state index contributed by atoms with van der Waals surface area (Å²) in [6.07, 6.45) is 0. The van der Waals surface area contributed by atoms with Crippen LogP contribution in [0.2, 0.25) is 0 Å². The van der Waals surface area contributed by atoms with Crippen LogP contribution in [-0.2, 0) is 5.75 Å². The Morgan fingerprint density at radius 3 is 3.06 bits per heavy atom. The lowest BCUT2D eigenvalue weighted by molar-refractivity contribution is 0.0952. The molecule has 0 saturated heterocycles. The van der Waals surface area contributed by atoms with E-state index in [9.17, 15) is 4.79 Å². The molecule has 9 heteroatoms. The summed E-state index contributed by atoms with van der Waals surface area (Å²) < 4.78 is 5.43. The Bertz CT molecular complexity index is 563. The van der Waals surface area contributed by atoms with Crippen molar-refractivity contribution in [3.8, 4) is 0 Å². The number of hydrogen-bond donors (Lipinski definition) is 4. The van der Waals surface area contributed by atoms with Crippen LogP contribution in [0.4, 0.5) is 5.95 Å². The molecular weight excluding hydrogens is 256 g/mol. The van der Waals surface area contributed by atoms with Gasteiger partial charge in [0.1, 0.15) is 11.5 Å². The number of anilines is 1. The second-order valence-corrected chi connectivity index (χ2v) is 4.39. The number of amides is 1. The molecule has 6 N–H and O–H groups in total. The van der Waals surface area contributed by atoms with Gasteiger partial charge in [-0.1, -0.05) is 11.8 Å². The van der Waals surface area contributed by atoms with E-state index in [0.717, 1.165) is 0 Å². The molecule has 2 aromatic heterocycles. The molecule has 0 aliphatic heterocycles. The van der Waals surface area contributed by atoms with E-state index in [2.05, 4.69) is 20.6 Å². The lowest BCUT2D eigenvalue weighted by Gasteiger charge is -1.93. The molecule has 96 valence electrons. The first-order valence-corrected chi connectivity index (χ1v) is 5.99. The topological polar surface area (TPSA) is 136 Å². The second kappa shape index (κ2) is 5.10. The number of thioether (sulfide) groups is 1. The van der Waals surface area contributed by atoms with Gasteiger partial charge in [-0.3, -0.25) is 10.2 Å². The van der Waals surface area contributed by atoms with Crippen LogP contribution in [0.1, 0.15) is 21.9 Å². The molecule has 0 radical (unpaired) electrons. The van der Waals surface area contributed by atoms with E-state index >= 15 is 0 Å². The predicted molar refractivity (Wildman–Crippen MR) is 65.5 cm³/mol. The average molecular weight is 268 g/mol. The van der Waals surface area contributed by atoms with Gasteiger partial charge in [-0.15, -0.1) is 5.10 Å². The van der Waals surface area contributed by atoms with E-state index in [1.807, 2.05) is 0 Å². The number of rotatable bonds is 4. The second-order valence-electron chi connectivity index (χ2n) is 3.45. The van der Waals surface area contributed by atoms with Crippen LogP contribution >= 0.6 is 11.8 Å². The number of aryl methyl sites for hydroxylation is 1. The first-order valence-electron chi connectivity index (χ1n) is 5.01. The Morgan fingerprint density at radius 1 is 1.67 bits per heavy atom.